The first kappa shape index (κ1) is 17.7. The molecule has 3 aromatic rings. The van der Waals surface area contributed by atoms with E-state index >= 15 is 0 Å². The summed E-state index contributed by atoms with van der Waals surface area (Å²) in [6, 6.07) is 14.7. The van der Waals surface area contributed by atoms with Crippen LogP contribution in [0.1, 0.15) is 12.5 Å². The van der Waals surface area contributed by atoms with Crippen LogP contribution in [0, 0.1) is 6.92 Å². The number of carbonyl (C=O) groups excluding carboxylic acids is 1. The summed E-state index contributed by atoms with van der Waals surface area (Å²) in [6.45, 7) is 3.46. The predicted octanol–water partition coefficient (Wildman–Crippen LogP) is 4.88. The normalized spacial score (nSPS) is 10.3. The lowest BCUT2D eigenvalue weighted by Crippen LogP contribution is -2.06. The first-order valence-corrected chi connectivity index (χ1v) is 8.38. The van der Waals surface area contributed by atoms with Gasteiger partial charge in [0, 0.05) is 35.2 Å². The van der Waals surface area contributed by atoms with Gasteiger partial charge < -0.3 is 16.0 Å². The molecule has 0 aliphatic carbocycles. The maximum Gasteiger partial charge on any atom is 0.229 e. The zero-order valence-electron chi connectivity index (χ0n) is 14.4. The van der Waals surface area contributed by atoms with E-state index in [1.807, 2.05) is 49.4 Å². The summed E-state index contributed by atoms with van der Waals surface area (Å²) in [5, 5.41) is 9.77. The molecule has 7 heteroatoms. The van der Waals surface area contributed by atoms with Crippen molar-refractivity contribution in [3.05, 3.63) is 65.3 Å². The molecule has 1 amide bonds. The largest absolute Gasteiger partial charge is 0.340 e. The van der Waals surface area contributed by atoms with Crippen LogP contribution in [0.2, 0.25) is 5.02 Å². The first-order chi connectivity index (χ1) is 12.5. The third-order valence-electron chi connectivity index (χ3n) is 3.56. The molecule has 0 saturated carbocycles. The maximum absolute atomic E-state index is 11.2. The zero-order valence-corrected chi connectivity index (χ0v) is 15.1. The molecule has 0 fully saturated rings. The number of rotatable bonds is 5. The van der Waals surface area contributed by atoms with Crippen molar-refractivity contribution in [2.24, 2.45) is 0 Å². The highest BCUT2D eigenvalue weighted by molar-refractivity contribution is 6.30. The Morgan fingerprint density at radius 2 is 1.85 bits per heavy atom. The lowest BCUT2D eigenvalue weighted by atomic mass is 10.2. The van der Waals surface area contributed by atoms with E-state index in [2.05, 4.69) is 25.9 Å². The van der Waals surface area contributed by atoms with Gasteiger partial charge in [0.15, 0.2) is 0 Å². The van der Waals surface area contributed by atoms with Crippen LogP contribution in [-0.4, -0.2) is 15.9 Å². The van der Waals surface area contributed by atoms with Gasteiger partial charge in [-0.15, -0.1) is 0 Å². The molecule has 3 N–H and O–H groups in total. The second-order valence-corrected chi connectivity index (χ2v) is 6.17. The molecule has 2 aromatic carbocycles. The molecular weight excluding hydrogens is 350 g/mol. The number of hydrogen-bond donors (Lipinski definition) is 3. The summed E-state index contributed by atoms with van der Waals surface area (Å²) in [6.07, 6.45) is 1.66. The molecule has 6 nitrogen and oxygen atoms in total. The van der Waals surface area contributed by atoms with Crippen molar-refractivity contribution in [1.29, 1.82) is 0 Å². The number of hydrogen-bond acceptors (Lipinski definition) is 5. The smallest absolute Gasteiger partial charge is 0.229 e. The van der Waals surface area contributed by atoms with Crippen LogP contribution in [0.5, 0.6) is 0 Å². The van der Waals surface area contributed by atoms with Gasteiger partial charge in [0.1, 0.15) is 5.82 Å². The van der Waals surface area contributed by atoms with Crippen LogP contribution in [0.25, 0.3) is 0 Å². The summed E-state index contributed by atoms with van der Waals surface area (Å²) in [7, 11) is 0. The zero-order chi connectivity index (χ0) is 18.5. The predicted molar refractivity (Wildman–Crippen MR) is 106 cm³/mol. The van der Waals surface area contributed by atoms with Gasteiger partial charge in [-0.05, 0) is 48.9 Å². The number of anilines is 5. The van der Waals surface area contributed by atoms with Crippen LogP contribution in [0.3, 0.4) is 0 Å². The van der Waals surface area contributed by atoms with E-state index < -0.39 is 0 Å². The van der Waals surface area contributed by atoms with Crippen molar-refractivity contribution < 1.29 is 4.79 Å². The molecule has 0 unspecified atom stereocenters. The SMILES string of the molecule is CC(=O)Nc1cccc(Nc2nccc(Nc3cc(Cl)ccc3C)n2)c1. The topological polar surface area (TPSA) is 78.9 Å². The van der Waals surface area contributed by atoms with Gasteiger partial charge in [-0.1, -0.05) is 23.7 Å². The minimum absolute atomic E-state index is 0.124. The maximum atomic E-state index is 11.2. The number of aryl methyl sites for hydroxylation is 1. The summed E-state index contributed by atoms with van der Waals surface area (Å²) in [5.74, 6) is 0.960. The van der Waals surface area contributed by atoms with Gasteiger partial charge in [0.05, 0.1) is 0 Å². The fraction of sp³-hybridized carbons (Fsp3) is 0.105. The number of aromatic nitrogens is 2. The highest BCUT2D eigenvalue weighted by Crippen LogP contribution is 2.24. The molecule has 3 rings (SSSR count). The summed E-state index contributed by atoms with van der Waals surface area (Å²) in [4.78, 5) is 19.9. The minimum Gasteiger partial charge on any atom is -0.340 e. The van der Waals surface area contributed by atoms with Crippen molar-refractivity contribution in [2.75, 3.05) is 16.0 Å². The molecule has 0 radical (unpaired) electrons. The molecule has 1 heterocycles. The molecule has 0 spiro atoms. The number of carbonyl (C=O) groups is 1. The Morgan fingerprint density at radius 1 is 1.04 bits per heavy atom. The average Bonchev–Trinajstić information content (AvgIpc) is 2.58. The van der Waals surface area contributed by atoms with Gasteiger partial charge in [0.25, 0.3) is 0 Å². The Balaban J connectivity index is 1.77. The Morgan fingerprint density at radius 3 is 2.65 bits per heavy atom. The van der Waals surface area contributed by atoms with E-state index in [0.29, 0.717) is 22.5 Å². The lowest BCUT2D eigenvalue weighted by Gasteiger charge is -2.11. The van der Waals surface area contributed by atoms with Gasteiger partial charge in [0.2, 0.25) is 11.9 Å². The minimum atomic E-state index is -0.124. The summed E-state index contributed by atoms with van der Waals surface area (Å²) >= 11 is 6.06. The fourth-order valence-corrected chi connectivity index (χ4v) is 2.53. The van der Waals surface area contributed by atoms with Crippen molar-refractivity contribution in [2.45, 2.75) is 13.8 Å². The van der Waals surface area contributed by atoms with Crippen molar-refractivity contribution in [3.8, 4) is 0 Å². The fourth-order valence-electron chi connectivity index (χ4n) is 2.36. The van der Waals surface area contributed by atoms with E-state index in [0.717, 1.165) is 16.9 Å². The van der Waals surface area contributed by atoms with Crippen molar-refractivity contribution in [1.82, 2.24) is 9.97 Å². The third-order valence-corrected chi connectivity index (χ3v) is 3.79. The van der Waals surface area contributed by atoms with Crippen molar-refractivity contribution >= 4 is 46.3 Å². The molecule has 0 aliphatic heterocycles. The highest BCUT2D eigenvalue weighted by atomic mass is 35.5. The van der Waals surface area contributed by atoms with Gasteiger partial charge in [-0.3, -0.25) is 4.79 Å². The van der Waals surface area contributed by atoms with Crippen LogP contribution in [0.4, 0.5) is 28.8 Å². The number of amides is 1. The average molecular weight is 368 g/mol. The van der Waals surface area contributed by atoms with E-state index in [4.69, 9.17) is 11.6 Å². The monoisotopic (exact) mass is 367 g/mol. The van der Waals surface area contributed by atoms with Crippen LogP contribution in [-0.2, 0) is 4.79 Å². The Kier molecular flexibility index (Phi) is 5.34. The molecule has 26 heavy (non-hydrogen) atoms. The van der Waals surface area contributed by atoms with Crippen LogP contribution in [0.15, 0.2) is 54.7 Å². The molecule has 1 aromatic heterocycles. The van der Waals surface area contributed by atoms with Gasteiger partial charge in [-0.2, -0.15) is 4.98 Å². The Bertz CT molecular complexity index is 945. The first-order valence-electron chi connectivity index (χ1n) is 8.00. The molecule has 0 atom stereocenters. The lowest BCUT2D eigenvalue weighted by molar-refractivity contribution is -0.114. The standard InChI is InChI=1S/C19H18ClN5O/c1-12-6-7-14(20)10-17(12)24-18-8-9-21-19(25-18)23-16-5-3-4-15(11-16)22-13(2)26/h3-11H,1-2H3,(H,22,26)(H2,21,23,24,25). The van der Waals surface area contributed by atoms with Crippen molar-refractivity contribution in [3.63, 3.8) is 0 Å². The highest BCUT2D eigenvalue weighted by Gasteiger charge is 2.05. The second kappa shape index (κ2) is 7.84. The third kappa shape index (κ3) is 4.70. The molecule has 132 valence electrons. The second-order valence-electron chi connectivity index (χ2n) is 5.74. The van der Waals surface area contributed by atoms with E-state index in [1.54, 1.807) is 12.3 Å². The Hall–Kier alpha value is -3.12. The quantitative estimate of drug-likeness (QED) is 0.598. The molecule has 0 saturated heterocycles. The van der Waals surface area contributed by atoms with E-state index in [9.17, 15) is 4.79 Å². The number of nitrogens with zero attached hydrogens (tertiary/aromatic N) is 2. The number of benzene rings is 2. The summed E-state index contributed by atoms with van der Waals surface area (Å²) < 4.78 is 0. The van der Waals surface area contributed by atoms with Crippen LogP contribution < -0.4 is 16.0 Å². The van der Waals surface area contributed by atoms with Gasteiger partial charge in [-0.25, -0.2) is 4.98 Å². The summed E-state index contributed by atoms with van der Waals surface area (Å²) in [5.41, 5.74) is 3.42. The molecular formula is C19H18ClN5O. The molecule has 0 bridgehead atoms. The number of halogens is 1. The Labute approximate surface area is 156 Å². The van der Waals surface area contributed by atoms with E-state index in [-0.39, 0.29) is 5.91 Å². The van der Waals surface area contributed by atoms with E-state index in [1.165, 1.54) is 6.92 Å². The number of nitrogens with one attached hydrogen (secondary N) is 3. The molecule has 0 aliphatic rings. The van der Waals surface area contributed by atoms with Crippen LogP contribution >= 0.6 is 11.6 Å². The van der Waals surface area contributed by atoms with Gasteiger partial charge >= 0.3 is 0 Å².